The zero-order valence-electron chi connectivity index (χ0n) is 15.4. The lowest BCUT2D eigenvalue weighted by molar-refractivity contribution is 0.0322. The smallest absolute Gasteiger partial charge is 0.195 e. The van der Waals surface area contributed by atoms with E-state index < -0.39 is 0 Å². The molecule has 1 aliphatic rings. The summed E-state index contributed by atoms with van der Waals surface area (Å²) in [7, 11) is 8.02. The van der Waals surface area contributed by atoms with E-state index in [1.165, 1.54) is 0 Å². The van der Waals surface area contributed by atoms with E-state index in [1.807, 2.05) is 50.1 Å². The Balaban J connectivity index is 1.85. The topological polar surface area (TPSA) is 40.5 Å². The second-order valence-corrected chi connectivity index (χ2v) is 6.35. The second-order valence-electron chi connectivity index (χ2n) is 6.35. The van der Waals surface area contributed by atoms with Gasteiger partial charge in [0.05, 0.1) is 19.8 Å². The van der Waals surface area contributed by atoms with E-state index in [9.17, 15) is 0 Å². The van der Waals surface area contributed by atoms with Crippen molar-refractivity contribution in [3.8, 4) is 5.75 Å². The maximum Gasteiger partial charge on any atom is 0.195 e. The molecule has 1 aliphatic heterocycles. The highest BCUT2D eigenvalue weighted by atomic mass is 16.5. The first-order valence-electron chi connectivity index (χ1n) is 8.47. The van der Waals surface area contributed by atoms with E-state index >= 15 is 0 Å². The summed E-state index contributed by atoms with van der Waals surface area (Å²) in [6.45, 7) is 5.93. The van der Waals surface area contributed by atoms with Crippen molar-refractivity contribution in [3.63, 3.8) is 0 Å². The maximum absolute atomic E-state index is 5.90. The highest BCUT2D eigenvalue weighted by Gasteiger charge is 2.10. The summed E-state index contributed by atoms with van der Waals surface area (Å²) in [4.78, 5) is 11.1. The third-order valence-corrected chi connectivity index (χ3v) is 3.88. The minimum atomic E-state index is 0.645. The largest absolute Gasteiger partial charge is 0.492 e. The van der Waals surface area contributed by atoms with Gasteiger partial charge in [-0.3, -0.25) is 4.90 Å². The summed E-state index contributed by atoms with van der Waals surface area (Å²) < 4.78 is 11.3. The van der Waals surface area contributed by atoms with Crippen molar-refractivity contribution in [1.82, 2.24) is 14.7 Å². The molecule has 0 aliphatic carbocycles. The van der Waals surface area contributed by atoms with Gasteiger partial charge in [0.15, 0.2) is 5.96 Å². The van der Waals surface area contributed by atoms with Crippen molar-refractivity contribution in [2.45, 2.75) is 6.54 Å². The normalized spacial score (nSPS) is 15.0. The summed E-state index contributed by atoms with van der Waals surface area (Å²) in [5.41, 5.74) is 1.15. The van der Waals surface area contributed by atoms with Gasteiger partial charge in [-0.15, -0.1) is 0 Å². The van der Waals surface area contributed by atoms with E-state index in [0.717, 1.165) is 50.1 Å². The number of ether oxygens (including phenoxy) is 2. The van der Waals surface area contributed by atoms with Crippen LogP contribution in [0.2, 0.25) is 0 Å². The van der Waals surface area contributed by atoms with Crippen molar-refractivity contribution >= 4 is 5.96 Å². The van der Waals surface area contributed by atoms with Gasteiger partial charge in [-0.2, -0.15) is 0 Å². The van der Waals surface area contributed by atoms with Crippen LogP contribution in [0.1, 0.15) is 5.56 Å². The Morgan fingerprint density at radius 3 is 2.54 bits per heavy atom. The molecule has 0 N–H and O–H groups in total. The van der Waals surface area contributed by atoms with Crippen LogP contribution in [0.4, 0.5) is 0 Å². The fourth-order valence-corrected chi connectivity index (χ4v) is 2.70. The molecule has 0 amide bonds. The number of rotatable bonds is 6. The van der Waals surface area contributed by atoms with Crippen LogP contribution in [0.5, 0.6) is 5.75 Å². The number of hydrogen-bond acceptors (Lipinski definition) is 4. The lowest BCUT2D eigenvalue weighted by atomic mass is 10.2. The molecule has 24 heavy (non-hydrogen) atoms. The average molecular weight is 334 g/mol. The Morgan fingerprint density at radius 2 is 1.88 bits per heavy atom. The van der Waals surface area contributed by atoms with Crippen LogP contribution in [0.15, 0.2) is 29.3 Å². The van der Waals surface area contributed by atoms with E-state index in [0.29, 0.717) is 13.2 Å². The fourth-order valence-electron chi connectivity index (χ4n) is 2.70. The Bertz CT molecular complexity index is 516. The molecule has 1 aromatic carbocycles. The van der Waals surface area contributed by atoms with Crippen LogP contribution in [-0.4, -0.2) is 88.3 Å². The maximum atomic E-state index is 5.90. The first kappa shape index (κ1) is 18.5. The van der Waals surface area contributed by atoms with Crippen LogP contribution in [-0.2, 0) is 11.3 Å². The second kappa shape index (κ2) is 9.49. The van der Waals surface area contributed by atoms with Crippen molar-refractivity contribution in [3.05, 3.63) is 29.8 Å². The molecular weight excluding hydrogens is 304 g/mol. The predicted octanol–water partition coefficient (Wildman–Crippen LogP) is 1.38. The molecule has 0 radical (unpaired) electrons. The van der Waals surface area contributed by atoms with Gasteiger partial charge in [0, 0.05) is 47.8 Å². The Labute approximate surface area is 145 Å². The zero-order valence-corrected chi connectivity index (χ0v) is 15.4. The van der Waals surface area contributed by atoms with Crippen LogP contribution in [0, 0.1) is 0 Å². The van der Waals surface area contributed by atoms with Crippen LogP contribution >= 0.6 is 0 Å². The Morgan fingerprint density at radius 1 is 1.17 bits per heavy atom. The highest BCUT2D eigenvalue weighted by molar-refractivity contribution is 5.79. The number of nitrogens with zero attached hydrogens (tertiary/aromatic N) is 4. The third-order valence-electron chi connectivity index (χ3n) is 3.88. The first-order valence-corrected chi connectivity index (χ1v) is 8.47. The van der Waals surface area contributed by atoms with E-state index in [-0.39, 0.29) is 0 Å². The molecule has 1 fully saturated rings. The molecule has 0 aromatic heterocycles. The quantitative estimate of drug-likeness (QED) is 0.581. The minimum absolute atomic E-state index is 0.645. The number of hydrogen-bond donors (Lipinski definition) is 0. The molecule has 1 aromatic rings. The van der Waals surface area contributed by atoms with Gasteiger partial charge in [-0.25, -0.2) is 4.99 Å². The zero-order chi connectivity index (χ0) is 17.4. The minimum Gasteiger partial charge on any atom is -0.492 e. The molecule has 0 bridgehead atoms. The summed E-state index contributed by atoms with van der Waals surface area (Å²) in [6, 6.07) is 8.19. The van der Waals surface area contributed by atoms with Gasteiger partial charge >= 0.3 is 0 Å². The van der Waals surface area contributed by atoms with Gasteiger partial charge in [0.25, 0.3) is 0 Å². The van der Waals surface area contributed by atoms with Crippen LogP contribution < -0.4 is 4.74 Å². The monoisotopic (exact) mass is 334 g/mol. The van der Waals surface area contributed by atoms with Gasteiger partial charge in [-0.1, -0.05) is 12.1 Å². The van der Waals surface area contributed by atoms with E-state index in [1.54, 1.807) is 0 Å². The Kier molecular flexibility index (Phi) is 7.34. The number of guanidine groups is 1. The molecule has 0 atom stereocenters. The molecule has 1 heterocycles. The number of morpholine rings is 1. The molecule has 6 heteroatoms. The summed E-state index contributed by atoms with van der Waals surface area (Å²) in [5.74, 6) is 1.86. The van der Waals surface area contributed by atoms with E-state index in [2.05, 4.69) is 22.0 Å². The number of benzene rings is 1. The summed E-state index contributed by atoms with van der Waals surface area (Å²) in [5, 5.41) is 0. The lowest BCUT2D eigenvalue weighted by Crippen LogP contribution is -2.38. The molecule has 0 saturated carbocycles. The van der Waals surface area contributed by atoms with Crippen molar-refractivity contribution in [2.75, 3.05) is 67.6 Å². The van der Waals surface area contributed by atoms with Crippen molar-refractivity contribution in [1.29, 1.82) is 0 Å². The molecular formula is C18H30N4O2. The average Bonchev–Trinajstić information content (AvgIpc) is 2.56. The van der Waals surface area contributed by atoms with Crippen molar-refractivity contribution in [2.24, 2.45) is 4.99 Å². The van der Waals surface area contributed by atoms with Gasteiger partial charge in [-0.05, 0) is 17.7 Å². The molecule has 1 saturated heterocycles. The van der Waals surface area contributed by atoms with Gasteiger partial charge < -0.3 is 19.3 Å². The van der Waals surface area contributed by atoms with Crippen LogP contribution in [0.3, 0.4) is 0 Å². The molecule has 0 unspecified atom stereocenters. The lowest BCUT2D eigenvalue weighted by Gasteiger charge is -2.26. The standard InChI is InChI=1S/C18H30N4O2/c1-20(2)18(21(3)4)19-15-16-6-5-7-17(14-16)24-13-10-22-8-11-23-12-9-22/h5-7,14H,8-13,15H2,1-4H3. The van der Waals surface area contributed by atoms with Gasteiger partial charge in [0.2, 0.25) is 0 Å². The molecule has 134 valence electrons. The first-order chi connectivity index (χ1) is 11.6. The van der Waals surface area contributed by atoms with Crippen molar-refractivity contribution < 1.29 is 9.47 Å². The van der Waals surface area contributed by atoms with Gasteiger partial charge in [0.1, 0.15) is 12.4 Å². The predicted molar refractivity (Wildman–Crippen MR) is 97.7 cm³/mol. The van der Waals surface area contributed by atoms with Crippen LogP contribution in [0.25, 0.3) is 0 Å². The Hall–Kier alpha value is -1.79. The molecule has 6 nitrogen and oxygen atoms in total. The summed E-state index contributed by atoms with van der Waals surface area (Å²) in [6.07, 6.45) is 0. The third kappa shape index (κ3) is 6.02. The molecule has 0 spiro atoms. The SMILES string of the molecule is CN(C)C(=NCc1cccc(OCCN2CCOCC2)c1)N(C)C. The highest BCUT2D eigenvalue weighted by Crippen LogP contribution is 2.14. The summed E-state index contributed by atoms with van der Waals surface area (Å²) >= 11 is 0. The fraction of sp³-hybridized carbons (Fsp3) is 0.611. The number of aliphatic imine (C=N–C) groups is 1. The van der Waals surface area contributed by atoms with E-state index in [4.69, 9.17) is 9.47 Å². The molecule has 2 rings (SSSR count).